The fraction of sp³-hybridized carbons (Fsp3) is 0.273. The maximum atomic E-state index is 12.7. The summed E-state index contributed by atoms with van der Waals surface area (Å²) in [6.45, 7) is 5.04. The van der Waals surface area contributed by atoms with E-state index in [9.17, 15) is 4.79 Å². The molecule has 0 saturated heterocycles. The maximum absolute atomic E-state index is 12.7. The molecule has 4 nitrogen and oxygen atoms in total. The Morgan fingerprint density at radius 2 is 1.77 bits per heavy atom. The van der Waals surface area contributed by atoms with Crippen LogP contribution in [0.5, 0.6) is 0 Å². The lowest BCUT2D eigenvalue weighted by molar-refractivity contribution is 0.0917. The monoisotopic (exact) mass is 347 g/mol. The molecule has 0 saturated carbocycles. The summed E-state index contributed by atoms with van der Waals surface area (Å²) in [6, 6.07) is 18.0. The summed E-state index contributed by atoms with van der Waals surface area (Å²) in [5, 5.41) is 3.19. The third kappa shape index (κ3) is 4.39. The molecule has 1 amide bonds. The maximum Gasteiger partial charge on any atom is 0.251 e. The molecule has 3 rings (SSSR count). The van der Waals surface area contributed by atoms with Crippen LogP contribution in [-0.2, 0) is 6.54 Å². The van der Waals surface area contributed by atoms with Crippen molar-refractivity contribution in [2.24, 2.45) is 5.92 Å². The van der Waals surface area contributed by atoms with Gasteiger partial charge in [-0.3, -0.25) is 4.79 Å². The molecule has 26 heavy (non-hydrogen) atoms. The van der Waals surface area contributed by atoms with Gasteiger partial charge in [-0.15, -0.1) is 0 Å². The number of benzene rings is 2. The zero-order valence-corrected chi connectivity index (χ0v) is 15.3. The van der Waals surface area contributed by atoms with Crippen molar-refractivity contribution >= 4 is 5.91 Å². The van der Waals surface area contributed by atoms with Crippen molar-refractivity contribution in [2.45, 2.75) is 32.9 Å². The van der Waals surface area contributed by atoms with Gasteiger partial charge in [-0.2, -0.15) is 0 Å². The van der Waals surface area contributed by atoms with Crippen LogP contribution < -0.4 is 5.32 Å². The highest BCUT2D eigenvalue weighted by Gasteiger charge is 2.19. The molecule has 2 atom stereocenters. The van der Waals surface area contributed by atoms with E-state index in [4.69, 9.17) is 0 Å². The summed E-state index contributed by atoms with van der Waals surface area (Å²) in [5.41, 5.74) is 2.94. The van der Waals surface area contributed by atoms with Gasteiger partial charge >= 0.3 is 0 Å². The van der Waals surface area contributed by atoms with E-state index in [0.717, 1.165) is 24.1 Å². The first-order valence-corrected chi connectivity index (χ1v) is 9.09. The Bertz CT molecular complexity index is 810. The second-order valence-corrected chi connectivity index (χ2v) is 6.67. The van der Waals surface area contributed by atoms with Gasteiger partial charge in [0.05, 0.1) is 6.33 Å². The van der Waals surface area contributed by atoms with Gasteiger partial charge in [0.2, 0.25) is 0 Å². The third-order valence-corrected chi connectivity index (χ3v) is 4.87. The molecule has 134 valence electrons. The molecule has 0 unspecified atom stereocenters. The highest BCUT2D eigenvalue weighted by Crippen LogP contribution is 2.19. The quantitative estimate of drug-likeness (QED) is 0.689. The fourth-order valence-electron chi connectivity index (χ4n) is 2.97. The van der Waals surface area contributed by atoms with Crippen LogP contribution in [0.2, 0.25) is 0 Å². The number of aromatic nitrogens is 2. The van der Waals surface area contributed by atoms with Crippen LogP contribution in [0.3, 0.4) is 0 Å². The van der Waals surface area contributed by atoms with E-state index in [-0.39, 0.29) is 11.9 Å². The van der Waals surface area contributed by atoms with Gasteiger partial charge in [0.15, 0.2) is 0 Å². The lowest BCUT2D eigenvalue weighted by Gasteiger charge is -2.25. The number of imidazole rings is 1. The molecule has 2 aromatic carbocycles. The average molecular weight is 347 g/mol. The van der Waals surface area contributed by atoms with Gasteiger partial charge in [0.1, 0.15) is 0 Å². The summed E-state index contributed by atoms with van der Waals surface area (Å²) in [7, 11) is 0. The van der Waals surface area contributed by atoms with Crippen LogP contribution in [0.1, 0.15) is 30.6 Å². The Balaban J connectivity index is 1.70. The number of carbonyl (C=O) groups is 1. The van der Waals surface area contributed by atoms with E-state index in [1.54, 1.807) is 12.5 Å². The molecule has 4 heteroatoms. The van der Waals surface area contributed by atoms with Crippen molar-refractivity contribution in [3.63, 3.8) is 0 Å². The first-order chi connectivity index (χ1) is 12.7. The lowest BCUT2D eigenvalue weighted by Crippen LogP contribution is -2.42. The van der Waals surface area contributed by atoms with Gasteiger partial charge in [-0.1, -0.05) is 62.7 Å². The Hall–Kier alpha value is -2.88. The summed E-state index contributed by atoms with van der Waals surface area (Å²) in [4.78, 5) is 16.8. The summed E-state index contributed by atoms with van der Waals surface area (Å²) in [6.07, 6.45) is 6.48. The standard InChI is InChI=1S/C22H25N3O/c1-3-17(2)21(15-25-14-13-23-16-25)24-22(26)20-11-9-19(10-12-20)18-7-5-4-6-8-18/h4-14,16-17,21H,3,15H2,1-2H3,(H,24,26)/t17-,21+/m0/s1. The van der Waals surface area contributed by atoms with Crippen LogP contribution in [0.4, 0.5) is 0 Å². The van der Waals surface area contributed by atoms with Crippen molar-refractivity contribution in [1.82, 2.24) is 14.9 Å². The van der Waals surface area contributed by atoms with E-state index >= 15 is 0 Å². The zero-order chi connectivity index (χ0) is 18.4. The van der Waals surface area contributed by atoms with E-state index in [0.29, 0.717) is 11.5 Å². The number of hydrogen-bond acceptors (Lipinski definition) is 2. The first kappa shape index (κ1) is 17.9. The first-order valence-electron chi connectivity index (χ1n) is 9.09. The molecule has 1 aromatic heterocycles. The Labute approximate surface area is 154 Å². The molecule has 1 heterocycles. The largest absolute Gasteiger partial charge is 0.347 e. The molecule has 1 N–H and O–H groups in total. The molecule has 0 radical (unpaired) electrons. The SMILES string of the molecule is CC[C@H](C)[C@@H](Cn1ccnc1)NC(=O)c1ccc(-c2ccccc2)cc1. The minimum Gasteiger partial charge on any atom is -0.347 e. The summed E-state index contributed by atoms with van der Waals surface area (Å²) < 4.78 is 2.01. The molecule has 0 fully saturated rings. The second-order valence-electron chi connectivity index (χ2n) is 6.67. The van der Waals surface area contributed by atoms with Gasteiger partial charge in [0, 0.05) is 30.5 Å². The molecular formula is C22H25N3O. The minimum absolute atomic E-state index is 0.0324. The lowest BCUT2D eigenvalue weighted by atomic mass is 9.98. The van der Waals surface area contributed by atoms with E-state index in [1.165, 1.54) is 0 Å². The van der Waals surface area contributed by atoms with Crippen LogP contribution in [-0.4, -0.2) is 21.5 Å². The normalized spacial score (nSPS) is 13.2. The Kier molecular flexibility index (Phi) is 5.84. The molecule has 0 bridgehead atoms. The molecular weight excluding hydrogens is 322 g/mol. The zero-order valence-electron chi connectivity index (χ0n) is 15.3. The van der Waals surface area contributed by atoms with Crippen LogP contribution in [0.15, 0.2) is 73.3 Å². The number of nitrogens with zero attached hydrogens (tertiary/aromatic N) is 2. The highest BCUT2D eigenvalue weighted by molar-refractivity contribution is 5.94. The predicted octanol–water partition coefficient (Wildman–Crippen LogP) is 4.39. The fourth-order valence-corrected chi connectivity index (χ4v) is 2.97. The number of amides is 1. The van der Waals surface area contributed by atoms with Gasteiger partial charge < -0.3 is 9.88 Å². The molecule has 0 aliphatic rings. The topological polar surface area (TPSA) is 46.9 Å². The van der Waals surface area contributed by atoms with Crippen molar-refractivity contribution in [3.05, 3.63) is 78.9 Å². The number of rotatable bonds is 7. The minimum atomic E-state index is -0.0324. The van der Waals surface area contributed by atoms with Crippen molar-refractivity contribution in [2.75, 3.05) is 0 Å². The number of nitrogens with one attached hydrogen (secondary N) is 1. The van der Waals surface area contributed by atoms with Crippen molar-refractivity contribution in [1.29, 1.82) is 0 Å². The van der Waals surface area contributed by atoms with E-state index in [2.05, 4.69) is 36.3 Å². The highest BCUT2D eigenvalue weighted by atomic mass is 16.1. The Morgan fingerprint density at radius 1 is 1.08 bits per heavy atom. The van der Waals surface area contributed by atoms with Crippen LogP contribution in [0.25, 0.3) is 11.1 Å². The summed E-state index contributed by atoms with van der Waals surface area (Å²) >= 11 is 0. The van der Waals surface area contributed by atoms with E-state index < -0.39 is 0 Å². The predicted molar refractivity (Wildman–Crippen MR) is 105 cm³/mol. The van der Waals surface area contributed by atoms with Crippen LogP contribution >= 0.6 is 0 Å². The molecule has 0 spiro atoms. The number of hydrogen-bond donors (Lipinski definition) is 1. The molecule has 3 aromatic rings. The van der Waals surface area contributed by atoms with Crippen molar-refractivity contribution < 1.29 is 4.79 Å². The Morgan fingerprint density at radius 3 is 2.38 bits per heavy atom. The van der Waals surface area contributed by atoms with Gasteiger partial charge in [0.25, 0.3) is 5.91 Å². The smallest absolute Gasteiger partial charge is 0.251 e. The molecule has 0 aliphatic heterocycles. The average Bonchev–Trinajstić information content (AvgIpc) is 3.20. The number of carbonyl (C=O) groups excluding carboxylic acids is 1. The third-order valence-electron chi connectivity index (χ3n) is 4.87. The van der Waals surface area contributed by atoms with Gasteiger partial charge in [-0.25, -0.2) is 4.98 Å². The van der Waals surface area contributed by atoms with Gasteiger partial charge in [-0.05, 0) is 29.2 Å². The second kappa shape index (κ2) is 8.48. The van der Waals surface area contributed by atoms with E-state index in [1.807, 2.05) is 53.2 Å². The summed E-state index contributed by atoms with van der Waals surface area (Å²) in [5.74, 6) is 0.347. The van der Waals surface area contributed by atoms with Crippen molar-refractivity contribution in [3.8, 4) is 11.1 Å². The molecule has 0 aliphatic carbocycles. The van der Waals surface area contributed by atoms with Crippen LogP contribution in [0, 0.1) is 5.92 Å².